The van der Waals surface area contributed by atoms with Crippen LogP contribution >= 0.6 is 11.8 Å². The summed E-state index contributed by atoms with van der Waals surface area (Å²) in [6, 6.07) is 12.6. The summed E-state index contributed by atoms with van der Waals surface area (Å²) in [5.74, 6) is 1.01. The maximum absolute atomic E-state index is 9.25. The van der Waals surface area contributed by atoms with Crippen LogP contribution in [0.4, 0.5) is 0 Å². The van der Waals surface area contributed by atoms with Crippen molar-refractivity contribution in [2.24, 2.45) is 0 Å². The van der Waals surface area contributed by atoms with Gasteiger partial charge in [0.1, 0.15) is 0 Å². The summed E-state index contributed by atoms with van der Waals surface area (Å²) in [5, 5.41) is 10.0. The largest absolute Gasteiger partial charge is 0.198 e. The maximum Gasteiger partial charge on any atom is 0.0803 e. The van der Waals surface area contributed by atoms with Gasteiger partial charge < -0.3 is 0 Å². The van der Waals surface area contributed by atoms with Crippen LogP contribution in [0.15, 0.2) is 30.3 Å². The lowest BCUT2D eigenvalue weighted by Gasteiger charge is -2.22. The van der Waals surface area contributed by atoms with E-state index in [0.29, 0.717) is 0 Å². The molecule has 1 aromatic rings. The van der Waals surface area contributed by atoms with E-state index < -0.39 is 0 Å². The smallest absolute Gasteiger partial charge is 0.0803 e. The Morgan fingerprint density at radius 2 is 1.88 bits per heavy atom. The molecule has 0 aromatic heterocycles. The van der Waals surface area contributed by atoms with Gasteiger partial charge in [-0.25, -0.2) is 0 Å². The lowest BCUT2D eigenvalue weighted by atomic mass is 10.0. The molecule has 0 N–H and O–H groups in total. The molecule has 2 rings (SSSR count). The zero-order chi connectivity index (χ0) is 11.9. The minimum absolute atomic E-state index is 0.0585. The Balaban J connectivity index is 1.86. The SMILES string of the molecule is N#CC(CSC1CCCCC1)c1ccccc1. The molecule has 1 atom stereocenters. The molecule has 1 saturated carbocycles. The van der Waals surface area contributed by atoms with Crippen molar-refractivity contribution < 1.29 is 0 Å². The van der Waals surface area contributed by atoms with Gasteiger partial charge in [0.25, 0.3) is 0 Å². The molecule has 90 valence electrons. The van der Waals surface area contributed by atoms with E-state index in [4.69, 9.17) is 0 Å². The van der Waals surface area contributed by atoms with Crippen molar-refractivity contribution >= 4 is 11.8 Å². The van der Waals surface area contributed by atoms with Crippen molar-refractivity contribution in [2.75, 3.05) is 5.75 Å². The Bertz CT molecular complexity index is 362. The van der Waals surface area contributed by atoms with Crippen LogP contribution in [0.25, 0.3) is 0 Å². The van der Waals surface area contributed by atoms with Gasteiger partial charge >= 0.3 is 0 Å². The van der Waals surface area contributed by atoms with Gasteiger partial charge in [-0.2, -0.15) is 17.0 Å². The molecule has 1 nitrogen and oxygen atoms in total. The molecule has 2 heteroatoms. The highest BCUT2D eigenvalue weighted by molar-refractivity contribution is 7.99. The molecule has 0 aliphatic heterocycles. The van der Waals surface area contributed by atoms with Crippen LogP contribution in [0.1, 0.15) is 43.6 Å². The number of nitrogens with zero attached hydrogens (tertiary/aromatic N) is 1. The number of hydrogen-bond acceptors (Lipinski definition) is 2. The molecule has 1 aliphatic rings. The monoisotopic (exact) mass is 245 g/mol. The van der Waals surface area contributed by atoms with Gasteiger partial charge in [0, 0.05) is 11.0 Å². The topological polar surface area (TPSA) is 23.8 Å². The molecule has 0 heterocycles. The first-order valence-corrected chi connectivity index (χ1v) is 7.51. The van der Waals surface area contributed by atoms with Crippen LogP contribution in [0.5, 0.6) is 0 Å². The molecule has 1 aliphatic carbocycles. The summed E-state index contributed by atoms with van der Waals surface area (Å²) >= 11 is 2.00. The first kappa shape index (κ1) is 12.5. The minimum Gasteiger partial charge on any atom is -0.198 e. The third kappa shape index (κ3) is 3.78. The van der Waals surface area contributed by atoms with E-state index in [1.165, 1.54) is 37.7 Å². The second-order valence-corrected chi connectivity index (χ2v) is 6.02. The lowest BCUT2D eigenvalue weighted by molar-refractivity contribution is 0.516. The Hall–Kier alpha value is -0.940. The minimum atomic E-state index is 0.0585. The van der Waals surface area contributed by atoms with E-state index in [9.17, 15) is 5.26 Å². The standard InChI is InChI=1S/C15H19NS/c16-11-14(13-7-3-1-4-8-13)12-17-15-9-5-2-6-10-15/h1,3-4,7-8,14-15H,2,5-6,9-10,12H2. The van der Waals surface area contributed by atoms with Crippen LogP contribution in [0.2, 0.25) is 0 Å². The third-order valence-electron chi connectivity index (χ3n) is 3.41. The van der Waals surface area contributed by atoms with Crippen LogP contribution in [-0.2, 0) is 0 Å². The zero-order valence-corrected chi connectivity index (χ0v) is 11.0. The van der Waals surface area contributed by atoms with E-state index in [-0.39, 0.29) is 5.92 Å². The predicted octanol–water partition coefficient (Wildman–Crippen LogP) is 4.36. The second-order valence-electron chi connectivity index (χ2n) is 4.69. The quantitative estimate of drug-likeness (QED) is 0.787. The van der Waals surface area contributed by atoms with Gasteiger partial charge in [-0.05, 0) is 18.4 Å². The number of hydrogen-bond donors (Lipinski definition) is 0. The molecule has 0 radical (unpaired) electrons. The van der Waals surface area contributed by atoms with Gasteiger partial charge in [-0.1, -0.05) is 49.6 Å². The molecule has 1 fully saturated rings. The number of nitriles is 1. The Morgan fingerprint density at radius 1 is 1.18 bits per heavy atom. The van der Waals surface area contributed by atoms with Crippen LogP contribution in [0, 0.1) is 11.3 Å². The van der Waals surface area contributed by atoms with Crippen molar-refractivity contribution in [3.63, 3.8) is 0 Å². The lowest BCUT2D eigenvalue weighted by Crippen LogP contribution is -2.11. The fraction of sp³-hybridized carbons (Fsp3) is 0.533. The Morgan fingerprint density at radius 3 is 2.53 bits per heavy atom. The molecule has 1 unspecified atom stereocenters. The summed E-state index contributed by atoms with van der Waals surface area (Å²) in [6.45, 7) is 0. The molecule has 17 heavy (non-hydrogen) atoms. The highest BCUT2D eigenvalue weighted by Gasteiger charge is 2.17. The predicted molar refractivity (Wildman–Crippen MR) is 74.1 cm³/mol. The third-order valence-corrected chi connectivity index (χ3v) is 4.88. The number of rotatable bonds is 4. The van der Waals surface area contributed by atoms with Gasteiger partial charge in [-0.15, -0.1) is 0 Å². The Kier molecular flexibility index (Phi) is 4.94. The van der Waals surface area contributed by atoms with Crippen LogP contribution in [-0.4, -0.2) is 11.0 Å². The molecule has 0 amide bonds. The van der Waals surface area contributed by atoms with Gasteiger partial charge in [-0.3, -0.25) is 0 Å². The summed E-state index contributed by atoms with van der Waals surface area (Å²) in [5.41, 5.74) is 1.17. The first-order chi connectivity index (χ1) is 8.40. The fourth-order valence-electron chi connectivity index (χ4n) is 2.36. The number of thioether (sulfide) groups is 1. The normalized spacial score (nSPS) is 18.5. The van der Waals surface area contributed by atoms with Crippen molar-refractivity contribution in [3.05, 3.63) is 35.9 Å². The highest BCUT2D eigenvalue weighted by Crippen LogP contribution is 2.31. The summed E-state index contributed by atoms with van der Waals surface area (Å²) in [4.78, 5) is 0. The highest BCUT2D eigenvalue weighted by atomic mass is 32.2. The van der Waals surface area contributed by atoms with E-state index in [1.54, 1.807) is 0 Å². The fourth-order valence-corrected chi connectivity index (χ4v) is 3.76. The first-order valence-electron chi connectivity index (χ1n) is 6.46. The summed E-state index contributed by atoms with van der Waals surface area (Å²) in [6.07, 6.45) is 6.84. The van der Waals surface area contributed by atoms with Gasteiger partial charge in [0.15, 0.2) is 0 Å². The zero-order valence-electron chi connectivity index (χ0n) is 10.1. The number of benzene rings is 1. The van der Waals surface area contributed by atoms with Gasteiger partial charge in [0.05, 0.1) is 12.0 Å². The molecular formula is C15H19NS. The second kappa shape index (κ2) is 6.71. The van der Waals surface area contributed by atoms with Crippen LogP contribution < -0.4 is 0 Å². The van der Waals surface area contributed by atoms with Crippen molar-refractivity contribution in [3.8, 4) is 6.07 Å². The maximum atomic E-state index is 9.25. The van der Waals surface area contributed by atoms with E-state index in [1.807, 2.05) is 30.0 Å². The summed E-state index contributed by atoms with van der Waals surface area (Å²) < 4.78 is 0. The van der Waals surface area contributed by atoms with E-state index >= 15 is 0 Å². The molecule has 0 saturated heterocycles. The molecular weight excluding hydrogens is 226 g/mol. The van der Waals surface area contributed by atoms with E-state index in [2.05, 4.69) is 18.2 Å². The Labute approximate surface area is 108 Å². The summed E-state index contributed by atoms with van der Waals surface area (Å²) in [7, 11) is 0. The van der Waals surface area contributed by atoms with Crippen LogP contribution in [0.3, 0.4) is 0 Å². The van der Waals surface area contributed by atoms with Crippen molar-refractivity contribution in [1.29, 1.82) is 5.26 Å². The molecule has 0 bridgehead atoms. The average molecular weight is 245 g/mol. The average Bonchev–Trinajstić information content (AvgIpc) is 2.42. The van der Waals surface area contributed by atoms with Gasteiger partial charge in [0.2, 0.25) is 0 Å². The molecule has 1 aromatic carbocycles. The van der Waals surface area contributed by atoms with Crippen molar-refractivity contribution in [1.82, 2.24) is 0 Å². The van der Waals surface area contributed by atoms with Crippen molar-refractivity contribution in [2.45, 2.75) is 43.3 Å². The van der Waals surface area contributed by atoms with E-state index in [0.717, 1.165) is 11.0 Å². The molecule has 0 spiro atoms.